The predicted octanol–water partition coefficient (Wildman–Crippen LogP) is 2.51. The van der Waals surface area contributed by atoms with E-state index in [2.05, 4.69) is 47.9 Å². The summed E-state index contributed by atoms with van der Waals surface area (Å²) in [6.07, 6.45) is 2.58. The number of benzene rings is 1. The summed E-state index contributed by atoms with van der Waals surface area (Å²) < 4.78 is 6.04. The summed E-state index contributed by atoms with van der Waals surface area (Å²) in [6, 6.07) is 6.42. The second-order valence-electron chi connectivity index (χ2n) is 5.76. The third-order valence-electron chi connectivity index (χ3n) is 4.45. The molecule has 0 aliphatic carbocycles. The molecule has 2 aromatic rings. The molecule has 1 aromatic carbocycles. The molecule has 0 radical (unpaired) electrons. The van der Waals surface area contributed by atoms with Gasteiger partial charge in [-0.25, -0.2) is 0 Å². The number of fused-ring (bicyclic) bond motifs is 3. The molecule has 1 amide bonds. The van der Waals surface area contributed by atoms with E-state index in [4.69, 9.17) is 4.74 Å². The van der Waals surface area contributed by atoms with Crippen molar-refractivity contribution in [2.75, 3.05) is 6.61 Å². The fourth-order valence-electron chi connectivity index (χ4n) is 3.29. The molecule has 0 fully saturated rings. The van der Waals surface area contributed by atoms with Crippen LogP contribution < -0.4 is 10.9 Å². The molecule has 1 aliphatic rings. The fraction of sp³-hybridized carbons (Fsp3) is 0.471. The van der Waals surface area contributed by atoms with Gasteiger partial charge in [0.2, 0.25) is 5.91 Å². The largest absolute Gasteiger partial charge is 0.354 e. The average molecular weight is 301 g/mol. The maximum atomic E-state index is 11.3. The van der Waals surface area contributed by atoms with Crippen molar-refractivity contribution in [3.05, 3.63) is 35.0 Å². The Morgan fingerprint density at radius 1 is 1.41 bits per heavy atom. The maximum Gasteiger partial charge on any atom is 0.231 e. The molecule has 1 aromatic heterocycles. The number of rotatable bonds is 4. The number of carbonyl (C=O) groups is 1. The van der Waals surface area contributed by atoms with E-state index in [1.165, 1.54) is 29.0 Å². The summed E-state index contributed by atoms with van der Waals surface area (Å²) in [7, 11) is 0. The Morgan fingerprint density at radius 2 is 2.23 bits per heavy atom. The topological polar surface area (TPSA) is 66.2 Å². The second-order valence-corrected chi connectivity index (χ2v) is 5.76. The Morgan fingerprint density at radius 3 is 2.91 bits per heavy atom. The van der Waals surface area contributed by atoms with E-state index >= 15 is 0 Å². The van der Waals surface area contributed by atoms with Gasteiger partial charge in [0.15, 0.2) is 5.72 Å². The van der Waals surface area contributed by atoms with Gasteiger partial charge in [-0.3, -0.25) is 10.2 Å². The van der Waals surface area contributed by atoms with Crippen molar-refractivity contribution in [3.63, 3.8) is 0 Å². The predicted molar refractivity (Wildman–Crippen MR) is 86.3 cm³/mol. The normalized spacial score (nSPS) is 20.9. The zero-order chi connectivity index (χ0) is 15.7. The van der Waals surface area contributed by atoms with Crippen molar-refractivity contribution in [2.24, 2.45) is 0 Å². The highest BCUT2D eigenvalue weighted by atomic mass is 16.5. The lowest BCUT2D eigenvalue weighted by molar-refractivity contribution is -0.130. The third-order valence-corrected chi connectivity index (χ3v) is 4.45. The monoisotopic (exact) mass is 301 g/mol. The van der Waals surface area contributed by atoms with Gasteiger partial charge in [0.25, 0.3) is 0 Å². The molecule has 1 atom stereocenters. The van der Waals surface area contributed by atoms with E-state index in [1.54, 1.807) is 0 Å². The number of hydrogen-bond acceptors (Lipinski definition) is 3. The molecule has 0 bridgehead atoms. The van der Waals surface area contributed by atoms with E-state index in [9.17, 15) is 4.79 Å². The number of amides is 1. The van der Waals surface area contributed by atoms with E-state index in [-0.39, 0.29) is 5.91 Å². The number of aromatic amines is 1. The molecule has 2 heterocycles. The summed E-state index contributed by atoms with van der Waals surface area (Å²) in [6.45, 7) is 6.33. The van der Waals surface area contributed by atoms with Crippen LogP contribution in [0.15, 0.2) is 18.2 Å². The number of hydrogen-bond donors (Lipinski definition) is 3. The van der Waals surface area contributed by atoms with Crippen LogP contribution >= 0.6 is 0 Å². The van der Waals surface area contributed by atoms with Gasteiger partial charge in [-0.2, -0.15) is 5.43 Å². The number of ether oxygens (including phenoxy) is 1. The molecule has 0 spiro atoms. The zero-order valence-electron chi connectivity index (χ0n) is 13.4. The van der Waals surface area contributed by atoms with Crippen LogP contribution in [0.3, 0.4) is 0 Å². The van der Waals surface area contributed by atoms with Crippen molar-refractivity contribution in [3.8, 4) is 0 Å². The minimum atomic E-state index is -0.691. The third kappa shape index (κ3) is 2.30. The molecule has 5 heteroatoms. The lowest BCUT2D eigenvalue weighted by atomic mass is 9.96. The Balaban J connectivity index is 2.14. The lowest BCUT2D eigenvalue weighted by Crippen LogP contribution is -2.55. The van der Waals surface area contributed by atoms with Crippen LogP contribution in [0.5, 0.6) is 0 Å². The van der Waals surface area contributed by atoms with Gasteiger partial charge in [-0.1, -0.05) is 32.0 Å². The van der Waals surface area contributed by atoms with Crippen LogP contribution in [0.1, 0.15) is 44.0 Å². The van der Waals surface area contributed by atoms with E-state index < -0.39 is 5.72 Å². The molecule has 1 unspecified atom stereocenters. The van der Waals surface area contributed by atoms with Crippen LogP contribution in [0, 0.1) is 0 Å². The van der Waals surface area contributed by atoms with Gasteiger partial charge in [0, 0.05) is 17.8 Å². The molecule has 5 nitrogen and oxygen atoms in total. The Labute approximate surface area is 130 Å². The van der Waals surface area contributed by atoms with Crippen LogP contribution in [0.25, 0.3) is 10.9 Å². The first-order chi connectivity index (χ1) is 10.6. The highest BCUT2D eigenvalue weighted by molar-refractivity contribution is 5.88. The van der Waals surface area contributed by atoms with Crippen LogP contribution in [-0.2, 0) is 28.1 Å². The summed E-state index contributed by atoms with van der Waals surface area (Å²) in [5.41, 5.74) is 9.89. The van der Waals surface area contributed by atoms with Gasteiger partial charge in [-0.15, -0.1) is 0 Å². The van der Waals surface area contributed by atoms with Crippen molar-refractivity contribution in [1.82, 2.24) is 15.8 Å². The molecule has 118 valence electrons. The van der Waals surface area contributed by atoms with Gasteiger partial charge >= 0.3 is 0 Å². The molecule has 1 aliphatic heterocycles. The number of aryl methyl sites for hydroxylation is 1. The van der Waals surface area contributed by atoms with Gasteiger partial charge in [0.1, 0.15) is 0 Å². The zero-order valence-corrected chi connectivity index (χ0v) is 13.4. The van der Waals surface area contributed by atoms with E-state index in [1.807, 2.05) is 0 Å². The quantitative estimate of drug-likeness (QED) is 0.760. The number of para-hydroxylation sites is 1. The standard InChI is InChI=1S/C17H23N3O2/c1-4-12-7-6-8-13-14-9-10-22-17(5-2,20-19-11(3)21)16(14)18-15(12)13/h6-8,18,20H,4-5,9-10H2,1-3H3,(H,19,21). The highest BCUT2D eigenvalue weighted by Gasteiger charge is 2.39. The van der Waals surface area contributed by atoms with Crippen LogP contribution in [0.4, 0.5) is 0 Å². The van der Waals surface area contributed by atoms with Gasteiger partial charge in [-0.05, 0) is 30.4 Å². The smallest absolute Gasteiger partial charge is 0.231 e. The molecule has 0 saturated heterocycles. The number of H-pyrrole nitrogens is 1. The Kier molecular flexibility index (Phi) is 3.93. The number of nitrogens with one attached hydrogen (secondary N) is 3. The Bertz CT molecular complexity index is 707. The summed E-state index contributed by atoms with van der Waals surface area (Å²) in [5, 5.41) is 1.26. The number of hydrazine groups is 1. The molecule has 3 rings (SSSR count). The van der Waals surface area contributed by atoms with Gasteiger partial charge < -0.3 is 9.72 Å². The highest BCUT2D eigenvalue weighted by Crippen LogP contribution is 2.38. The fourth-order valence-corrected chi connectivity index (χ4v) is 3.29. The first-order valence-electron chi connectivity index (χ1n) is 7.92. The first kappa shape index (κ1) is 15.1. The summed E-state index contributed by atoms with van der Waals surface area (Å²) in [4.78, 5) is 14.9. The van der Waals surface area contributed by atoms with Crippen molar-refractivity contribution in [2.45, 2.75) is 45.8 Å². The lowest BCUT2D eigenvalue weighted by Gasteiger charge is -2.37. The van der Waals surface area contributed by atoms with E-state index in [0.29, 0.717) is 13.0 Å². The van der Waals surface area contributed by atoms with Crippen molar-refractivity contribution >= 4 is 16.8 Å². The van der Waals surface area contributed by atoms with Crippen molar-refractivity contribution in [1.29, 1.82) is 0 Å². The number of carbonyl (C=O) groups excluding carboxylic acids is 1. The molecule has 3 N–H and O–H groups in total. The molecular formula is C17H23N3O2. The average Bonchev–Trinajstić information content (AvgIpc) is 2.92. The molecule has 0 saturated carbocycles. The van der Waals surface area contributed by atoms with Crippen molar-refractivity contribution < 1.29 is 9.53 Å². The van der Waals surface area contributed by atoms with Crippen LogP contribution in [0.2, 0.25) is 0 Å². The SMILES string of the molecule is CCc1cccc2c3c([nH]c12)C(CC)(NNC(C)=O)OCC3. The van der Waals surface area contributed by atoms with Crippen LogP contribution in [-0.4, -0.2) is 17.5 Å². The first-order valence-corrected chi connectivity index (χ1v) is 7.92. The van der Waals surface area contributed by atoms with Gasteiger partial charge in [0.05, 0.1) is 12.3 Å². The molecular weight excluding hydrogens is 278 g/mol. The second kappa shape index (κ2) is 5.74. The Hall–Kier alpha value is -1.85. The summed E-state index contributed by atoms with van der Waals surface area (Å²) >= 11 is 0. The molecule has 22 heavy (non-hydrogen) atoms. The maximum absolute atomic E-state index is 11.3. The number of aromatic nitrogens is 1. The minimum absolute atomic E-state index is 0.131. The summed E-state index contributed by atoms with van der Waals surface area (Å²) in [5.74, 6) is -0.131. The minimum Gasteiger partial charge on any atom is -0.354 e. The van der Waals surface area contributed by atoms with E-state index in [0.717, 1.165) is 18.5 Å².